The Morgan fingerprint density at radius 1 is 0.448 bits per heavy atom. The summed E-state index contributed by atoms with van der Waals surface area (Å²) >= 11 is -1.52. The first-order valence-electron chi connectivity index (χ1n) is 9.22. The predicted molar refractivity (Wildman–Crippen MR) is 112 cm³/mol. The SMILES string of the molecule is O=[C]([Ir][C](=O)c1ccccc1-c1ccccc1)c1ccccc1-c1ccccc1. The fraction of sp³-hybridized carbons (Fsp3) is 0. The summed E-state index contributed by atoms with van der Waals surface area (Å²) in [7, 11) is 0. The van der Waals surface area contributed by atoms with E-state index in [0.29, 0.717) is 11.1 Å². The zero-order chi connectivity index (χ0) is 20.1. The van der Waals surface area contributed by atoms with Crippen molar-refractivity contribution in [3.05, 3.63) is 120 Å². The molecule has 0 atom stereocenters. The average molecular weight is 555 g/mol. The number of carbonyl (C=O) groups excluding carboxylic acids is 2. The Kier molecular flexibility index (Phi) is 5.90. The van der Waals surface area contributed by atoms with Crippen molar-refractivity contribution >= 4 is 8.59 Å². The summed E-state index contributed by atoms with van der Waals surface area (Å²) in [5.74, 6) is 0. The van der Waals surface area contributed by atoms with Crippen molar-refractivity contribution in [2.24, 2.45) is 0 Å². The molecule has 0 radical (unpaired) electrons. The monoisotopic (exact) mass is 555 g/mol. The Balaban J connectivity index is 1.64. The van der Waals surface area contributed by atoms with Crippen LogP contribution in [0.4, 0.5) is 0 Å². The first-order chi connectivity index (χ1) is 14.2. The van der Waals surface area contributed by atoms with Crippen LogP contribution in [0.2, 0.25) is 0 Å². The summed E-state index contributed by atoms with van der Waals surface area (Å²) in [4.78, 5) is 26.2. The Morgan fingerprint density at radius 3 is 1.21 bits per heavy atom. The van der Waals surface area contributed by atoms with Gasteiger partial charge in [-0.1, -0.05) is 0 Å². The van der Waals surface area contributed by atoms with E-state index in [1.807, 2.05) is 109 Å². The molecule has 0 saturated carbocycles. The van der Waals surface area contributed by atoms with Gasteiger partial charge in [0.1, 0.15) is 0 Å². The molecule has 0 bridgehead atoms. The summed E-state index contributed by atoms with van der Waals surface area (Å²) in [5, 5.41) is 0. The molecule has 0 heterocycles. The molecule has 0 spiro atoms. The summed E-state index contributed by atoms with van der Waals surface area (Å²) < 4.78 is -0.0883. The van der Waals surface area contributed by atoms with Gasteiger partial charge in [0.2, 0.25) is 0 Å². The number of hydrogen-bond acceptors (Lipinski definition) is 2. The Bertz CT molecular complexity index is 1060. The van der Waals surface area contributed by atoms with E-state index in [0.717, 1.165) is 22.3 Å². The van der Waals surface area contributed by atoms with Gasteiger partial charge in [-0.25, -0.2) is 0 Å². The summed E-state index contributed by atoms with van der Waals surface area (Å²) in [6.07, 6.45) is 0. The van der Waals surface area contributed by atoms with E-state index in [1.165, 1.54) is 0 Å². The molecule has 0 fully saturated rings. The van der Waals surface area contributed by atoms with Gasteiger partial charge in [-0.05, 0) is 0 Å². The van der Waals surface area contributed by atoms with Crippen molar-refractivity contribution in [1.29, 1.82) is 0 Å². The van der Waals surface area contributed by atoms with Gasteiger partial charge in [-0.2, -0.15) is 0 Å². The van der Waals surface area contributed by atoms with Crippen molar-refractivity contribution in [3.8, 4) is 22.3 Å². The van der Waals surface area contributed by atoms with E-state index in [9.17, 15) is 9.59 Å². The van der Waals surface area contributed by atoms with Crippen LogP contribution in [0.15, 0.2) is 109 Å². The van der Waals surface area contributed by atoms with E-state index in [1.54, 1.807) is 0 Å². The Labute approximate surface area is 178 Å². The minimum atomic E-state index is -1.52. The fourth-order valence-corrected chi connectivity index (χ4v) is 5.37. The van der Waals surface area contributed by atoms with E-state index in [2.05, 4.69) is 0 Å². The van der Waals surface area contributed by atoms with E-state index >= 15 is 0 Å². The molecule has 0 amide bonds. The second kappa shape index (κ2) is 8.91. The molecule has 0 aliphatic heterocycles. The predicted octanol–water partition coefficient (Wildman–Crippen LogP) is 6.08. The van der Waals surface area contributed by atoms with Crippen LogP contribution < -0.4 is 0 Å². The molecular weight excluding hydrogens is 537 g/mol. The topological polar surface area (TPSA) is 34.1 Å². The van der Waals surface area contributed by atoms with Crippen LogP contribution in [0.25, 0.3) is 22.3 Å². The maximum absolute atomic E-state index is 13.1. The number of hydrogen-bond donors (Lipinski definition) is 0. The molecular formula is C26H18IrO2. The van der Waals surface area contributed by atoms with Crippen molar-refractivity contribution in [2.45, 2.75) is 0 Å². The van der Waals surface area contributed by atoms with Crippen LogP contribution in [0, 0.1) is 0 Å². The molecule has 0 aromatic heterocycles. The molecule has 0 N–H and O–H groups in total. The zero-order valence-electron chi connectivity index (χ0n) is 15.5. The van der Waals surface area contributed by atoms with E-state index in [-0.39, 0.29) is 8.59 Å². The number of carbonyl (C=O) groups is 2. The Hall–Kier alpha value is -3.13. The van der Waals surface area contributed by atoms with Crippen molar-refractivity contribution in [3.63, 3.8) is 0 Å². The van der Waals surface area contributed by atoms with Crippen molar-refractivity contribution in [2.75, 3.05) is 0 Å². The summed E-state index contributed by atoms with van der Waals surface area (Å²) in [6.45, 7) is 0. The van der Waals surface area contributed by atoms with Gasteiger partial charge < -0.3 is 0 Å². The molecule has 0 unspecified atom stereocenters. The van der Waals surface area contributed by atoms with Crippen LogP contribution in [0.1, 0.15) is 20.7 Å². The van der Waals surface area contributed by atoms with Crippen molar-refractivity contribution < 1.29 is 27.3 Å². The molecule has 29 heavy (non-hydrogen) atoms. The second-order valence-electron chi connectivity index (χ2n) is 6.41. The summed E-state index contributed by atoms with van der Waals surface area (Å²) in [6, 6.07) is 34.7. The van der Waals surface area contributed by atoms with Crippen LogP contribution in [-0.4, -0.2) is 8.59 Å². The third kappa shape index (κ3) is 4.32. The molecule has 143 valence electrons. The molecule has 0 aliphatic rings. The van der Waals surface area contributed by atoms with Crippen LogP contribution in [-0.2, 0) is 17.7 Å². The molecule has 2 nitrogen and oxygen atoms in total. The fourth-order valence-electron chi connectivity index (χ4n) is 3.19. The first kappa shape index (κ1) is 19.2. The molecule has 4 rings (SSSR count). The van der Waals surface area contributed by atoms with Gasteiger partial charge in [0, 0.05) is 0 Å². The van der Waals surface area contributed by atoms with Crippen LogP contribution in [0.5, 0.6) is 0 Å². The molecule has 4 aromatic carbocycles. The number of rotatable bonds is 6. The third-order valence-corrected chi connectivity index (χ3v) is 6.95. The van der Waals surface area contributed by atoms with Gasteiger partial charge in [-0.15, -0.1) is 0 Å². The van der Waals surface area contributed by atoms with Gasteiger partial charge in [0.25, 0.3) is 0 Å². The van der Waals surface area contributed by atoms with Crippen LogP contribution in [0.3, 0.4) is 0 Å². The van der Waals surface area contributed by atoms with Gasteiger partial charge in [-0.3, -0.25) is 0 Å². The second-order valence-corrected chi connectivity index (χ2v) is 9.19. The Morgan fingerprint density at radius 2 is 0.793 bits per heavy atom. The standard InChI is InChI=1S/2C13H9O.Ir/c2*14-10-12-8-4-5-9-13(12)11-6-2-1-3-7-11;/h2*1-9H;. The van der Waals surface area contributed by atoms with E-state index < -0.39 is 17.7 Å². The van der Waals surface area contributed by atoms with Gasteiger partial charge in [0.05, 0.1) is 0 Å². The minimum absolute atomic E-state index is 0.0442. The molecule has 4 aromatic rings. The molecule has 3 heteroatoms. The average Bonchev–Trinajstić information content (AvgIpc) is 2.80. The maximum atomic E-state index is 13.1. The quantitative estimate of drug-likeness (QED) is 0.289. The third-order valence-electron chi connectivity index (χ3n) is 4.57. The summed E-state index contributed by atoms with van der Waals surface area (Å²) in [5.41, 5.74) is 4.99. The first-order valence-corrected chi connectivity index (χ1v) is 11.6. The molecule has 0 aliphatic carbocycles. The van der Waals surface area contributed by atoms with Gasteiger partial charge >= 0.3 is 178 Å². The van der Waals surface area contributed by atoms with E-state index in [4.69, 9.17) is 0 Å². The van der Waals surface area contributed by atoms with Crippen molar-refractivity contribution in [1.82, 2.24) is 0 Å². The zero-order valence-corrected chi connectivity index (χ0v) is 17.9. The van der Waals surface area contributed by atoms with Gasteiger partial charge in [0.15, 0.2) is 0 Å². The normalized spacial score (nSPS) is 10.6. The number of benzene rings is 4. The van der Waals surface area contributed by atoms with Crippen LogP contribution >= 0.6 is 0 Å². The molecule has 0 saturated heterocycles.